The highest BCUT2D eigenvalue weighted by molar-refractivity contribution is 7.19. The third-order valence-electron chi connectivity index (χ3n) is 7.44. The van der Waals surface area contributed by atoms with Gasteiger partial charge in [0.25, 0.3) is 0 Å². The Morgan fingerprint density at radius 3 is 2.85 bits per heavy atom. The van der Waals surface area contributed by atoms with Crippen LogP contribution in [0.1, 0.15) is 41.0 Å². The largest absolute Gasteiger partial charge is 0.342 e. The topological polar surface area (TPSA) is 86.6 Å². The van der Waals surface area contributed by atoms with E-state index in [-0.39, 0.29) is 5.92 Å². The molecule has 1 atom stereocenters. The highest BCUT2D eigenvalue weighted by Gasteiger charge is 2.33. The van der Waals surface area contributed by atoms with Crippen LogP contribution in [0.25, 0.3) is 10.2 Å². The van der Waals surface area contributed by atoms with Crippen LogP contribution in [0.4, 0.5) is 11.5 Å². The number of aryl methyl sites for hydroxylation is 1. The van der Waals surface area contributed by atoms with E-state index >= 15 is 0 Å². The van der Waals surface area contributed by atoms with Gasteiger partial charge in [-0.3, -0.25) is 14.8 Å². The van der Waals surface area contributed by atoms with Crippen molar-refractivity contribution >= 4 is 45.2 Å². The Labute approximate surface area is 203 Å². The van der Waals surface area contributed by atoms with Crippen LogP contribution < -0.4 is 5.32 Å². The summed E-state index contributed by atoms with van der Waals surface area (Å²) in [7, 11) is 4.26. The van der Waals surface area contributed by atoms with Crippen LogP contribution in [0.15, 0.2) is 23.6 Å². The molecule has 0 spiro atoms. The first kappa shape index (κ1) is 21.6. The maximum atomic E-state index is 13.3. The van der Waals surface area contributed by atoms with E-state index in [2.05, 4.69) is 55.2 Å². The average molecular weight is 476 g/mol. The minimum Gasteiger partial charge on any atom is -0.342 e. The zero-order valence-corrected chi connectivity index (χ0v) is 20.4. The van der Waals surface area contributed by atoms with Gasteiger partial charge in [-0.2, -0.15) is 0 Å². The lowest BCUT2D eigenvalue weighted by Crippen LogP contribution is -2.47. The van der Waals surface area contributed by atoms with Gasteiger partial charge in [0, 0.05) is 41.7 Å². The van der Waals surface area contributed by atoms with Crippen molar-refractivity contribution in [2.24, 2.45) is 10.9 Å². The third-order valence-corrected chi connectivity index (χ3v) is 8.60. The van der Waals surface area contributed by atoms with Crippen molar-refractivity contribution in [1.29, 1.82) is 0 Å². The molecule has 5 heterocycles. The van der Waals surface area contributed by atoms with Crippen molar-refractivity contribution in [2.45, 2.75) is 44.7 Å². The number of rotatable bonds is 4. The first-order valence-corrected chi connectivity index (χ1v) is 12.8. The van der Waals surface area contributed by atoms with E-state index in [9.17, 15) is 4.79 Å². The van der Waals surface area contributed by atoms with Crippen molar-refractivity contribution in [1.82, 2.24) is 24.8 Å². The number of piperidine rings is 1. The Bertz CT molecular complexity index is 1280. The molecule has 9 heteroatoms. The van der Waals surface area contributed by atoms with E-state index in [0.717, 1.165) is 78.2 Å². The van der Waals surface area contributed by atoms with E-state index in [4.69, 9.17) is 0 Å². The molecule has 1 saturated heterocycles. The zero-order valence-electron chi connectivity index (χ0n) is 19.6. The second-order valence-electron chi connectivity index (χ2n) is 9.72. The summed E-state index contributed by atoms with van der Waals surface area (Å²) in [6, 6.07) is 2.65. The Morgan fingerprint density at radius 1 is 1.18 bits per heavy atom. The van der Waals surface area contributed by atoms with Crippen LogP contribution in [0, 0.1) is 5.92 Å². The molecule has 176 valence electrons. The normalized spacial score (nSPS) is 20.1. The number of fused-ring (bicyclic) bond motifs is 4. The molecule has 3 aliphatic rings. The number of likely N-dealkylation sites (tertiary alicyclic amines) is 1. The predicted octanol–water partition coefficient (Wildman–Crippen LogP) is 3.42. The molecule has 2 aliphatic heterocycles. The molecule has 1 N–H and O–H groups in total. The Morgan fingerprint density at radius 2 is 2.03 bits per heavy atom. The van der Waals surface area contributed by atoms with Crippen LogP contribution in [0.3, 0.4) is 0 Å². The third kappa shape index (κ3) is 3.86. The molecule has 0 unspecified atom stereocenters. The highest BCUT2D eigenvalue weighted by atomic mass is 32.1. The summed E-state index contributed by atoms with van der Waals surface area (Å²) < 4.78 is 0. The van der Waals surface area contributed by atoms with E-state index in [1.165, 1.54) is 10.4 Å². The smallest absolute Gasteiger partial charge is 0.226 e. The van der Waals surface area contributed by atoms with Crippen LogP contribution in [0.2, 0.25) is 0 Å². The number of aromatic nitrogens is 3. The van der Waals surface area contributed by atoms with Crippen LogP contribution in [0.5, 0.6) is 0 Å². The van der Waals surface area contributed by atoms with Gasteiger partial charge in [-0.25, -0.2) is 9.97 Å². The Kier molecular flexibility index (Phi) is 5.53. The Hall–Kier alpha value is -2.91. The van der Waals surface area contributed by atoms with Crippen molar-refractivity contribution in [3.63, 3.8) is 0 Å². The molecule has 0 radical (unpaired) electrons. The number of thiophene rings is 1. The van der Waals surface area contributed by atoms with Crippen LogP contribution >= 0.6 is 11.3 Å². The lowest BCUT2D eigenvalue weighted by molar-refractivity contribution is -0.137. The van der Waals surface area contributed by atoms with Gasteiger partial charge in [0.2, 0.25) is 5.91 Å². The number of aliphatic imine (C=N–C) groups is 1. The maximum Gasteiger partial charge on any atom is 0.226 e. The molecular weight excluding hydrogens is 446 g/mol. The second kappa shape index (κ2) is 8.70. The number of nitrogens with one attached hydrogen (secondary N) is 1. The molecule has 0 aromatic carbocycles. The molecule has 1 fully saturated rings. The van der Waals surface area contributed by atoms with Crippen molar-refractivity contribution in [3.8, 4) is 0 Å². The molecule has 8 nitrogen and oxygen atoms in total. The van der Waals surface area contributed by atoms with Crippen molar-refractivity contribution in [3.05, 3.63) is 40.3 Å². The lowest BCUT2D eigenvalue weighted by atomic mass is 9.86. The molecule has 0 saturated carbocycles. The van der Waals surface area contributed by atoms with E-state index in [1.54, 1.807) is 17.7 Å². The van der Waals surface area contributed by atoms with Crippen molar-refractivity contribution < 1.29 is 4.79 Å². The molecule has 3 aromatic heterocycles. The number of nitrogens with zero attached hydrogens (tertiary/aromatic N) is 6. The van der Waals surface area contributed by atoms with Gasteiger partial charge in [0.05, 0.1) is 29.5 Å². The maximum absolute atomic E-state index is 13.3. The molecule has 34 heavy (non-hydrogen) atoms. The molecule has 1 amide bonds. The summed E-state index contributed by atoms with van der Waals surface area (Å²) in [4.78, 5) is 37.9. The van der Waals surface area contributed by atoms with Gasteiger partial charge in [-0.15, -0.1) is 11.3 Å². The van der Waals surface area contributed by atoms with Gasteiger partial charge in [0.1, 0.15) is 17.0 Å². The number of anilines is 2. The van der Waals surface area contributed by atoms with Gasteiger partial charge in [-0.05, 0) is 57.8 Å². The lowest BCUT2D eigenvalue weighted by Gasteiger charge is -2.37. The van der Waals surface area contributed by atoms with Gasteiger partial charge < -0.3 is 15.1 Å². The predicted molar refractivity (Wildman–Crippen MR) is 135 cm³/mol. The first-order chi connectivity index (χ1) is 16.6. The number of hydrogen-bond acceptors (Lipinski definition) is 8. The molecule has 1 aliphatic carbocycles. The first-order valence-electron chi connectivity index (χ1n) is 12.0. The molecule has 6 rings (SSSR count). The summed E-state index contributed by atoms with van der Waals surface area (Å²) in [5, 5.41) is 4.56. The average Bonchev–Trinajstić information content (AvgIpc) is 3.47. The summed E-state index contributed by atoms with van der Waals surface area (Å²) in [6.07, 6.45) is 10.0. The van der Waals surface area contributed by atoms with Gasteiger partial charge in [0.15, 0.2) is 0 Å². The highest BCUT2D eigenvalue weighted by Crippen LogP contribution is 2.41. The Balaban J connectivity index is 1.21. The number of carbonyl (C=O) groups is 1. The standard InChI is InChI=1S/C25H29N7OS/c1-31(2)18-5-7-32(8-6-18)25(33)15-3-4-19-21(10-15)34-24-22(19)23(28-14-29-24)30-17-9-16-11-26-13-20(16)27-12-17/h9,11-12,14-15,18H,3-8,10,13H2,1-2H3,(H,28,29,30)/t15-/m0/s1. The fourth-order valence-corrected chi connectivity index (χ4v) is 6.73. The van der Waals surface area contributed by atoms with Crippen LogP contribution in [-0.2, 0) is 24.2 Å². The van der Waals surface area contributed by atoms with Gasteiger partial charge >= 0.3 is 0 Å². The zero-order chi connectivity index (χ0) is 23.2. The van der Waals surface area contributed by atoms with E-state index < -0.39 is 0 Å². The van der Waals surface area contributed by atoms with E-state index in [1.807, 2.05) is 12.4 Å². The summed E-state index contributed by atoms with van der Waals surface area (Å²) in [6.45, 7) is 2.39. The van der Waals surface area contributed by atoms with Crippen molar-refractivity contribution in [2.75, 3.05) is 32.5 Å². The minimum absolute atomic E-state index is 0.0704. The number of amides is 1. The number of pyridine rings is 1. The summed E-state index contributed by atoms with van der Waals surface area (Å²) >= 11 is 1.71. The minimum atomic E-state index is 0.0704. The monoisotopic (exact) mass is 475 g/mol. The van der Waals surface area contributed by atoms with Crippen LogP contribution in [-0.4, -0.2) is 70.1 Å². The summed E-state index contributed by atoms with van der Waals surface area (Å²) in [5.41, 5.74) is 4.26. The summed E-state index contributed by atoms with van der Waals surface area (Å²) in [5.74, 6) is 1.21. The number of hydrogen-bond donors (Lipinski definition) is 1. The van der Waals surface area contributed by atoms with Gasteiger partial charge in [-0.1, -0.05) is 0 Å². The molecule has 3 aromatic rings. The second-order valence-corrected chi connectivity index (χ2v) is 10.8. The quantitative estimate of drug-likeness (QED) is 0.622. The fraction of sp³-hybridized carbons (Fsp3) is 0.480. The SMILES string of the molecule is CN(C)C1CCN(C(=O)[C@H]2CCc3c(sc4ncnc(Nc5cnc6c(c5)C=NC6)c34)C2)CC1. The van der Waals surface area contributed by atoms with E-state index in [0.29, 0.717) is 18.5 Å². The molecule has 0 bridgehead atoms. The fourth-order valence-electron chi connectivity index (χ4n) is 5.47. The molecular formula is C25H29N7OS. The number of carbonyl (C=O) groups excluding carboxylic acids is 1.